The van der Waals surface area contributed by atoms with Crippen molar-refractivity contribution in [1.82, 2.24) is 19.9 Å². The molecule has 1 unspecified atom stereocenters. The van der Waals surface area contributed by atoms with Crippen molar-refractivity contribution in [3.8, 4) is 0 Å². The van der Waals surface area contributed by atoms with Gasteiger partial charge in [0, 0.05) is 22.3 Å². The first-order valence-electron chi connectivity index (χ1n) is 9.49. The zero-order chi connectivity index (χ0) is 22.7. The number of aryl methyl sites for hydroxylation is 2. The SMILES string of the molecule is COC(=O)C(NC(=O)CCc1c(C)nc2c(C(N)=O)cnn2c1C)c1ccc(Br)cc1. The number of hydrogen-bond donors (Lipinski definition) is 2. The fourth-order valence-electron chi connectivity index (χ4n) is 3.37. The van der Waals surface area contributed by atoms with Gasteiger partial charge in [0.2, 0.25) is 5.91 Å². The first kappa shape index (κ1) is 22.4. The Labute approximate surface area is 187 Å². The summed E-state index contributed by atoms with van der Waals surface area (Å²) in [4.78, 5) is 40.8. The van der Waals surface area contributed by atoms with E-state index in [1.807, 2.05) is 6.92 Å². The molecule has 10 heteroatoms. The number of nitrogens with one attached hydrogen (secondary N) is 1. The molecule has 0 spiro atoms. The highest BCUT2D eigenvalue weighted by molar-refractivity contribution is 9.10. The quantitative estimate of drug-likeness (QED) is 0.491. The van der Waals surface area contributed by atoms with E-state index >= 15 is 0 Å². The number of methoxy groups -OCH3 is 1. The van der Waals surface area contributed by atoms with Crippen molar-refractivity contribution >= 4 is 39.4 Å². The predicted molar refractivity (Wildman–Crippen MR) is 116 cm³/mol. The lowest BCUT2D eigenvalue weighted by atomic mass is 10.0. The molecule has 0 aliphatic rings. The van der Waals surface area contributed by atoms with Crippen LogP contribution in [0.1, 0.15) is 45.3 Å². The van der Waals surface area contributed by atoms with Crippen LogP contribution in [0.25, 0.3) is 5.65 Å². The van der Waals surface area contributed by atoms with Crippen LogP contribution in [0.4, 0.5) is 0 Å². The number of hydrogen-bond acceptors (Lipinski definition) is 6. The predicted octanol–water partition coefficient (Wildman–Crippen LogP) is 2.17. The summed E-state index contributed by atoms with van der Waals surface area (Å²) in [6.45, 7) is 3.64. The molecular weight excluding hydrogens is 466 g/mol. The molecule has 0 fully saturated rings. The normalized spacial score (nSPS) is 11.9. The zero-order valence-corrected chi connectivity index (χ0v) is 18.9. The third-order valence-electron chi connectivity index (χ3n) is 5.02. The molecule has 9 nitrogen and oxygen atoms in total. The van der Waals surface area contributed by atoms with Crippen LogP contribution in [-0.2, 0) is 20.7 Å². The molecule has 0 bridgehead atoms. The summed E-state index contributed by atoms with van der Waals surface area (Å²) in [5.74, 6) is -1.47. The van der Waals surface area contributed by atoms with Crippen molar-refractivity contribution in [1.29, 1.82) is 0 Å². The Morgan fingerprint density at radius 1 is 1.23 bits per heavy atom. The number of esters is 1. The van der Waals surface area contributed by atoms with Gasteiger partial charge >= 0.3 is 5.97 Å². The highest BCUT2D eigenvalue weighted by atomic mass is 79.9. The molecule has 3 aromatic rings. The molecule has 2 amide bonds. The summed E-state index contributed by atoms with van der Waals surface area (Å²) < 4.78 is 7.24. The second kappa shape index (κ2) is 9.25. The Morgan fingerprint density at radius 2 is 1.90 bits per heavy atom. The molecule has 2 aromatic heterocycles. The van der Waals surface area contributed by atoms with Gasteiger partial charge in [0.25, 0.3) is 5.91 Å². The van der Waals surface area contributed by atoms with Crippen molar-refractivity contribution in [3.05, 3.63) is 63.0 Å². The first-order valence-corrected chi connectivity index (χ1v) is 10.3. The lowest BCUT2D eigenvalue weighted by Crippen LogP contribution is -2.34. The van der Waals surface area contributed by atoms with Crippen molar-refractivity contribution in [2.45, 2.75) is 32.7 Å². The molecule has 0 saturated heterocycles. The fourth-order valence-corrected chi connectivity index (χ4v) is 3.63. The van der Waals surface area contributed by atoms with Gasteiger partial charge in [-0.3, -0.25) is 9.59 Å². The highest BCUT2D eigenvalue weighted by Crippen LogP contribution is 2.20. The van der Waals surface area contributed by atoms with Crippen molar-refractivity contribution in [2.24, 2.45) is 5.73 Å². The van der Waals surface area contributed by atoms with Crippen LogP contribution in [0.15, 0.2) is 34.9 Å². The third-order valence-corrected chi connectivity index (χ3v) is 5.55. The minimum Gasteiger partial charge on any atom is -0.467 e. The molecule has 0 aliphatic carbocycles. The van der Waals surface area contributed by atoms with E-state index in [1.165, 1.54) is 13.3 Å². The number of nitrogens with zero attached hydrogens (tertiary/aromatic N) is 3. The molecule has 1 aromatic carbocycles. The van der Waals surface area contributed by atoms with E-state index in [-0.39, 0.29) is 17.9 Å². The van der Waals surface area contributed by atoms with Crippen LogP contribution in [0, 0.1) is 13.8 Å². The lowest BCUT2D eigenvalue weighted by Gasteiger charge is -2.17. The number of halogens is 1. The van der Waals surface area contributed by atoms with Gasteiger partial charge in [-0.1, -0.05) is 28.1 Å². The van der Waals surface area contributed by atoms with Crippen molar-refractivity contribution in [2.75, 3.05) is 7.11 Å². The largest absolute Gasteiger partial charge is 0.467 e. The van der Waals surface area contributed by atoms with Crippen molar-refractivity contribution in [3.63, 3.8) is 0 Å². The summed E-state index contributed by atoms with van der Waals surface area (Å²) in [6, 6.07) is 6.15. The molecule has 162 valence electrons. The highest BCUT2D eigenvalue weighted by Gasteiger charge is 2.24. The Kier molecular flexibility index (Phi) is 6.69. The number of primary amides is 1. The number of aromatic nitrogens is 3. The van der Waals surface area contributed by atoms with Crippen LogP contribution in [0.3, 0.4) is 0 Å². The molecule has 0 saturated carbocycles. The van der Waals surface area contributed by atoms with E-state index in [4.69, 9.17) is 10.5 Å². The Balaban J connectivity index is 1.77. The second-order valence-corrected chi connectivity index (χ2v) is 7.91. The minimum absolute atomic E-state index is 0.128. The number of carbonyl (C=O) groups excluding carboxylic acids is 3. The summed E-state index contributed by atoms with van der Waals surface area (Å²) in [5.41, 5.74) is 8.90. The summed E-state index contributed by atoms with van der Waals surface area (Å²) in [5, 5.41) is 6.92. The van der Waals surface area contributed by atoms with Gasteiger partial charge in [-0.2, -0.15) is 5.10 Å². The van der Waals surface area contributed by atoms with Gasteiger partial charge in [0.15, 0.2) is 11.7 Å². The second-order valence-electron chi connectivity index (χ2n) is 6.99. The third kappa shape index (κ3) is 4.74. The van der Waals surface area contributed by atoms with Gasteiger partial charge in [0.1, 0.15) is 5.56 Å². The van der Waals surface area contributed by atoms with Crippen LogP contribution in [0.2, 0.25) is 0 Å². The number of benzene rings is 1. The maximum absolute atomic E-state index is 12.6. The standard InChI is InChI=1S/C21H22BrN5O4/c1-11-15(12(2)27-20(25-11)16(10-24-27)19(23)29)8-9-17(28)26-18(21(30)31-3)13-4-6-14(22)7-5-13/h4-7,10,18H,8-9H2,1-3H3,(H2,23,29)(H,26,28). The van der Waals surface area contributed by atoms with Crippen molar-refractivity contribution < 1.29 is 19.1 Å². The van der Waals surface area contributed by atoms with Gasteiger partial charge in [-0.05, 0) is 43.5 Å². The summed E-state index contributed by atoms with van der Waals surface area (Å²) in [7, 11) is 1.28. The molecule has 1 atom stereocenters. The van der Waals surface area contributed by atoms with E-state index < -0.39 is 17.9 Å². The molecule has 0 aliphatic heterocycles. The monoisotopic (exact) mass is 487 g/mol. The molecule has 3 N–H and O–H groups in total. The average Bonchev–Trinajstić information content (AvgIpc) is 3.16. The molecule has 31 heavy (non-hydrogen) atoms. The maximum atomic E-state index is 12.6. The van der Waals surface area contributed by atoms with Gasteiger partial charge in [0.05, 0.1) is 13.3 Å². The fraction of sp³-hybridized carbons (Fsp3) is 0.286. The molecular formula is C21H22BrN5O4. The number of ether oxygens (including phenoxy) is 1. The van der Waals surface area contributed by atoms with E-state index in [1.54, 1.807) is 35.7 Å². The first-order chi connectivity index (χ1) is 14.7. The Morgan fingerprint density at radius 3 is 2.52 bits per heavy atom. The van der Waals surface area contributed by atoms with E-state index in [9.17, 15) is 14.4 Å². The Bertz CT molecular complexity index is 1160. The van der Waals surface area contributed by atoms with Gasteiger partial charge < -0.3 is 15.8 Å². The maximum Gasteiger partial charge on any atom is 0.333 e. The van der Waals surface area contributed by atoms with Gasteiger partial charge in [-0.25, -0.2) is 14.3 Å². The number of rotatable bonds is 7. The van der Waals surface area contributed by atoms with E-state index in [2.05, 4.69) is 31.3 Å². The number of carbonyl (C=O) groups is 3. The average molecular weight is 488 g/mol. The summed E-state index contributed by atoms with van der Waals surface area (Å²) >= 11 is 3.35. The number of amides is 2. The smallest absolute Gasteiger partial charge is 0.333 e. The van der Waals surface area contributed by atoms with Crippen LogP contribution < -0.4 is 11.1 Å². The number of nitrogens with two attached hydrogens (primary N) is 1. The molecule has 3 rings (SSSR count). The van der Waals surface area contributed by atoms with E-state index in [0.717, 1.165) is 15.7 Å². The molecule has 2 heterocycles. The van der Waals surface area contributed by atoms with Crippen LogP contribution in [-0.4, -0.2) is 39.5 Å². The Hall–Kier alpha value is -3.27. The topological polar surface area (TPSA) is 129 Å². The van der Waals surface area contributed by atoms with Crippen LogP contribution >= 0.6 is 15.9 Å². The zero-order valence-electron chi connectivity index (χ0n) is 17.3. The minimum atomic E-state index is -0.905. The van der Waals surface area contributed by atoms with Gasteiger partial charge in [-0.15, -0.1) is 0 Å². The van der Waals surface area contributed by atoms with E-state index in [0.29, 0.717) is 23.3 Å². The van der Waals surface area contributed by atoms with Crippen LogP contribution in [0.5, 0.6) is 0 Å². The lowest BCUT2D eigenvalue weighted by molar-refractivity contribution is -0.145. The number of fused-ring (bicyclic) bond motifs is 1. The molecule has 0 radical (unpaired) electrons. The summed E-state index contributed by atoms with van der Waals surface area (Å²) in [6.07, 6.45) is 1.89.